The van der Waals surface area contributed by atoms with E-state index in [1.807, 2.05) is 20.8 Å². The predicted octanol–water partition coefficient (Wildman–Crippen LogP) is 3.29. The fraction of sp³-hybridized carbons (Fsp3) is 0.400. The Balaban J connectivity index is 3.01. The minimum atomic E-state index is -0.148. The first-order chi connectivity index (χ1) is 9.47. The van der Waals surface area contributed by atoms with Gasteiger partial charge in [0.15, 0.2) is 11.5 Å². The van der Waals surface area contributed by atoms with E-state index < -0.39 is 0 Å². The quantitative estimate of drug-likeness (QED) is 0.820. The molecule has 0 aromatic heterocycles. The summed E-state index contributed by atoms with van der Waals surface area (Å²) in [6.07, 6.45) is 3.13. The Labute approximate surface area is 124 Å². The van der Waals surface area contributed by atoms with Crippen molar-refractivity contribution >= 4 is 23.6 Å². The molecule has 1 aromatic rings. The maximum atomic E-state index is 11.4. The van der Waals surface area contributed by atoms with Gasteiger partial charge in [0.2, 0.25) is 5.91 Å². The Bertz CT molecular complexity index is 498. The van der Waals surface area contributed by atoms with Crippen LogP contribution in [0.3, 0.4) is 0 Å². The summed E-state index contributed by atoms with van der Waals surface area (Å²) < 4.78 is 10.9. The van der Waals surface area contributed by atoms with Crippen LogP contribution < -0.4 is 14.8 Å². The highest BCUT2D eigenvalue weighted by molar-refractivity contribution is 6.32. The second-order valence-electron chi connectivity index (χ2n) is 4.43. The van der Waals surface area contributed by atoms with Gasteiger partial charge in [-0.1, -0.05) is 11.6 Å². The lowest BCUT2D eigenvalue weighted by atomic mass is 10.2. The minimum Gasteiger partial charge on any atom is -0.493 e. The van der Waals surface area contributed by atoms with E-state index in [4.69, 9.17) is 21.1 Å². The molecule has 1 rings (SSSR count). The standard InChI is InChI=1S/C15H20ClNO3/c1-5-17-14(18)7-6-11-8-12(16)15(20-10(2)3)13(9-11)19-4/h6-10H,5H2,1-4H3,(H,17,18)/b7-6+. The van der Waals surface area contributed by atoms with E-state index in [2.05, 4.69) is 5.32 Å². The first-order valence-corrected chi connectivity index (χ1v) is 6.85. The summed E-state index contributed by atoms with van der Waals surface area (Å²) in [6.45, 7) is 6.29. The molecule has 1 aromatic carbocycles. The molecule has 0 saturated carbocycles. The molecular formula is C15H20ClNO3. The van der Waals surface area contributed by atoms with E-state index in [1.54, 1.807) is 25.3 Å². The number of rotatable bonds is 6. The van der Waals surface area contributed by atoms with Crippen LogP contribution in [-0.2, 0) is 4.79 Å². The van der Waals surface area contributed by atoms with Gasteiger partial charge in [0, 0.05) is 12.6 Å². The molecule has 20 heavy (non-hydrogen) atoms. The molecule has 0 aliphatic rings. The normalized spacial score (nSPS) is 10.9. The highest BCUT2D eigenvalue weighted by atomic mass is 35.5. The monoisotopic (exact) mass is 297 g/mol. The molecule has 1 amide bonds. The van der Waals surface area contributed by atoms with E-state index >= 15 is 0 Å². The molecule has 0 radical (unpaired) electrons. The number of halogens is 1. The van der Waals surface area contributed by atoms with Crippen molar-refractivity contribution in [1.29, 1.82) is 0 Å². The zero-order valence-corrected chi connectivity index (χ0v) is 13.0. The lowest BCUT2D eigenvalue weighted by Crippen LogP contribution is -2.19. The lowest BCUT2D eigenvalue weighted by Gasteiger charge is -2.15. The van der Waals surface area contributed by atoms with E-state index in [1.165, 1.54) is 6.08 Å². The van der Waals surface area contributed by atoms with Crippen LogP contribution in [0, 0.1) is 0 Å². The van der Waals surface area contributed by atoms with Crippen molar-refractivity contribution in [3.63, 3.8) is 0 Å². The number of likely N-dealkylation sites (N-methyl/N-ethyl adjacent to an activating group) is 1. The number of hydrogen-bond acceptors (Lipinski definition) is 3. The number of carbonyl (C=O) groups excluding carboxylic acids is 1. The fourth-order valence-electron chi connectivity index (χ4n) is 1.59. The number of amides is 1. The first-order valence-electron chi connectivity index (χ1n) is 6.48. The number of methoxy groups -OCH3 is 1. The van der Waals surface area contributed by atoms with E-state index in [0.29, 0.717) is 23.1 Å². The average Bonchev–Trinajstić information content (AvgIpc) is 2.38. The SMILES string of the molecule is CCNC(=O)/C=C/c1cc(Cl)c(OC(C)C)c(OC)c1. The number of carbonyl (C=O) groups is 1. The molecule has 0 heterocycles. The van der Waals surface area contributed by atoms with Crippen LogP contribution in [0.25, 0.3) is 6.08 Å². The molecule has 110 valence electrons. The lowest BCUT2D eigenvalue weighted by molar-refractivity contribution is -0.116. The topological polar surface area (TPSA) is 47.6 Å². The molecule has 0 saturated heterocycles. The molecule has 0 fully saturated rings. The molecule has 0 atom stereocenters. The third kappa shape index (κ3) is 4.78. The molecule has 5 heteroatoms. The maximum absolute atomic E-state index is 11.4. The Kier molecular flexibility index (Phi) is 6.39. The van der Waals surface area contributed by atoms with Gasteiger partial charge in [-0.25, -0.2) is 0 Å². The molecular weight excluding hydrogens is 278 g/mol. The number of ether oxygens (including phenoxy) is 2. The van der Waals surface area contributed by atoms with Gasteiger partial charge in [-0.15, -0.1) is 0 Å². The van der Waals surface area contributed by atoms with Crippen molar-refractivity contribution in [2.75, 3.05) is 13.7 Å². The van der Waals surface area contributed by atoms with Crippen LogP contribution >= 0.6 is 11.6 Å². The summed E-state index contributed by atoms with van der Waals surface area (Å²) in [5, 5.41) is 3.13. The number of nitrogens with one attached hydrogen (secondary N) is 1. The van der Waals surface area contributed by atoms with Crippen molar-refractivity contribution < 1.29 is 14.3 Å². The summed E-state index contributed by atoms with van der Waals surface area (Å²) in [7, 11) is 1.55. The van der Waals surface area contributed by atoms with Gasteiger partial charge in [-0.3, -0.25) is 4.79 Å². The highest BCUT2D eigenvalue weighted by Crippen LogP contribution is 2.37. The number of benzene rings is 1. The molecule has 0 aliphatic heterocycles. The van der Waals surface area contributed by atoms with Crippen LogP contribution in [0.4, 0.5) is 0 Å². The second-order valence-corrected chi connectivity index (χ2v) is 4.84. The van der Waals surface area contributed by atoms with Gasteiger partial charge in [-0.05, 0) is 44.5 Å². The molecule has 0 aliphatic carbocycles. The maximum Gasteiger partial charge on any atom is 0.243 e. The van der Waals surface area contributed by atoms with Crippen molar-refractivity contribution in [2.24, 2.45) is 0 Å². The zero-order chi connectivity index (χ0) is 15.1. The fourth-order valence-corrected chi connectivity index (χ4v) is 1.85. The van der Waals surface area contributed by atoms with E-state index in [9.17, 15) is 4.79 Å². The van der Waals surface area contributed by atoms with Crippen LogP contribution in [0.2, 0.25) is 5.02 Å². The Morgan fingerprint density at radius 1 is 1.45 bits per heavy atom. The van der Waals surface area contributed by atoms with Gasteiger partial charge in [0.1, 0.15) is 0 Å². The number of hydrogen-bond donors (Lipinski definition) is 1. The van der Waals surface area contributed by atoms with Gasteiger partial charge < -0.3 is 14.8 Å². The second kappa shape index (κ2) is 7.80. The summed E-state index contributed by atoms with van der Waals surface area (Å²) >= 11 is 6.19. The van der Waals surface area contributed by atoms with Crippen molar-refractivity contribution in [3.8, 4) is 11.5 Å². The third-order valence-corrected chi connectivity index (χ3v) is 2.66. The minimum absolute atomic E-state index is 0.00174. The van der Waals surface area contributed by atoms with Crippen LogP contribution in [0.5, 0.6) is 11.5 Å². The van der Waals surface area contributed by atoms with Gasteiger partial charge >= 0.3 is 0 Å². The largest absolute Gasteiger partial charge is 0.493 e. The van der Waals surface area contributed by atoms with Crippen LogP contribution in [-0.4, -0.2) is 25.7 Å². The summed E-state index contributed by atoms with van der Waals surface area (Å²) in [5.74, 6) is 0.908. The van der Waals surface area contributed by atoms with E-state index in [0.717, 1.165) is 5.56 Å². The van der Waals surface area contributed by atoms with E-state index in [-0.39, 0.29) is 12.0 Å². The average molecular weight is 298 g/mol. The van der Waals surface area contributed by atoms with Gasteiger partial charge in [-0.2, -0.15) is 0 Å². The van der Waals surface area contributed by atoms with Crippen molar-refractivity contribution in [3.05, 3.63) is 28.8 Å². The first kappa shape index (κ1) is 16.4. The molecule has 4 nitrogen and oxygen atoms in total. The van der Waals surface area contributed by atoms with Crippen LogP contribution in [0.15, 0.2) is 18.2 Å². The summed E-state index contributed by atoms with van der Waals surface area (Å²) in [5.41, 5.74) is 0.772. The summed E-state index contributed by atoms with van der Waals surface area (Å²) in [4.78, 5) is 11.4. The smallest absolute Gasteiger partial charge is 0.243 e. The molecule has 0 bridgehead atoms. The molecule has 1 N–H and O–H groups in total. The predicted molar refractivity (Wildman–Crippen MR) is 81.5 cm³/mol. The Hall–Kier alpha value is -1.68. The third-order valence-electron chi connectivity index (χ3n) is 2.38. The summed E-state index contributed by atoms with van der Waals surface area (Å²) in [6, 6.07) is 3.51. The van der Waals surface area contributed by atoms with Crippen molar-refractivity contribution in [2.45, 2.75) is 26.9 Å². The van der Waals surface area contributed by atoms with Crippen LogP contribution in [0.1, 0.15) is 26.3 Å². The Morgan fingerprint density at radius 2 is 2.15 bits per heavy atom. The zero-order valence-electron chi connectivity index (χ0n) is 12.2. The van der Waals surface area contributed by atoms with Crippen molar-refractivity contribution in [1.82, 2.24) is 5.32 Å². The van der Waals surface area contributed by atoms with Gasteiger partial charge in [0.05, 0.1) is 18.2 Å². The highest BCUT2D eigenvalue weighted by Gasteiger charge is 2.12. The molecule has 0 unspecified atom stereocenters. The molecule has 0 spiro atoms. The van der Waals surface area contributed by atoms with Gasteiger partial charge in [0.25, 0.3) is 0 Å². The Morgan fingerprint density at radius 3 is 2.70 bits per heavy atom.